The third kappa shape index (κ3) is 4.05. The van der Waals surface area contributed by atoms with Crippen LogP contribution in [-0.4, -0.2) is 33.8 Å². The van der Waals surface area contributed by atoms with Crippen LogP contribution in [0.15, 0.2) is 22.8 Å². The molecule has 0 aliphatic heterocycles. The Bertz CT molecular complexity index is 581. The van der Waals surface area contributed by atoms with Gasteiger partial charge in [-0.05, 0) is 18.6 Å². The van der Waals surface area contributed by atoms with E-state index in [0.717, 1.165) is 0 Å². The van der Waals surface area contributed by atoms with Crippen molar-refractivity contribution < 1.29 is 19.1 Å². The zero-order valence-corrected chi connectivity index (χ0v) is 11.1. The van der Waals surface area contributed by atoms with Gasteiger partial charge in [-0.15, -0.1) is 10.2 Å². The smallest absolute Gasteiger partial charge is 0.321 e. The summed E-state index contributed by atoms with van der Waals surface area (Å²) in [6, 6.07) is 3.03. The first-order valence-electron chi connectivity index (χ1n) is 5.79. The largest absolute Gasteiger partial charge is 0.481 e. The van der Waals surface area contributed by atoms with Gasteiger partial charge in [-0.2, -0.15) is 0 Å². The van der Waals surface area contributed by atoms with E-state index in [1.54, 1.807) is 12.1 Å². The third-order valence-corrected chi connectivity index (χ3v) is 3.08. The van der Waals surface area contributed by atoms with Gasteiger partial charge < -0.3 is 14.8 Å². The lowest BCUT2D eigenvalue weighted by Gasteiger charge is -2.03. The molecule has 0 saturated heterocycles. The molecule has 2 heterocycles. The van der Waals surface area contributed by atoms with Crippen LogP contribution in [0.5, 0.6) is 0 Å². The van der Waals surface area contributed by atoms with Gasteiger partial charge in [-0.3, -0.25) is 10.1 Å². The van der Waals surface area contributed by atoms with Crippen molar-refractivity contribution in [2.24, 2.45) is 0 Å². The first-order valence-corrected chi connectivity index (χ1v) is 6.61. The van der Waals surface area contributed by atoms with E-state index in [2.05, 4.69) is 20.8 Å². The first kappa shape index (κ1) is 14.0. The summed E-state index contributed by atoms with van der Waals surface area (Å²) in [7, 11) is 0. The van der Waals surface area contributed by atoms with Gasteiger partial charge >= 0.3 is 12.0 Å². The van der Waals surface area contributed by atoms with E-state index in [1.165, 1.54) is 17.6 Å². The fourth-order valence-electron chi connectivity index (χ4n) is 1.36. The van der Waals surface area contributed by atoms with Crippen LogP contribution < -0.4 is 10.6 Å². The van der Waals surface area contributed by atoms with Gasteiger partial charge in [0.1, 0.15) is 0 Å². The number of carboxylic acid groups (broad SMARTS) is 1. The highest BCUT2D eigenvalue weighted by Crippen LogP contribution is 2.26. The number of carboxylic acids is 1. The number of aromatic nitrogens is 2. The minimum Gasteiger partial charge on any atom is -0.481 e. The Morgan fingerprint density at radius 3 is 2.95 bits per heavy atom. The SMILES string of the molecule is O=C(O)CCCNC(=O)Nc1nnc(-c2ccco2)s1. The summed E-state index contributed by atoms with van der Waals surface area (Å²) in [5.74, 6) is -0.308. The highest BCUT2D eigenvalue weighted by atomic mass is 32.1. The van der Waals surface area contributed by atoms with Crippen molar-refractivity contribution >= 4 is 28.5 Å². The quantitative estimate of drug-likeness (QED) is 0.699. The number of furan rings is 1. The van der Waals surface area contributed by atoms with E-state index in [-0.39, 0.29) is 13.0 Å². The second kappa shape index (κ2) is 6.66. The van der Waals surface area contributed by atoms with Crippen LogP contribution >= 0.6 is 11.3 Å². The zero-order chi connectivity index (χ0) is 14.4. The predicted octanol–water partition coefficient (Wildman–Crippen LogP) is 1.78. The monoisotopic (exact) mass is 296 g/mol. The Morgan fingerprint density at radius 2 is 2.25 bits per heavy atom. The van der Waals surface area contributed by atoms with Gasteiger partial charge in [0, 0.05) is 13.0 Å². The Hall–Kier alpha value is -2.42. The van der Waals surface area contributed by atoms with Gasteiger partial charge in [0.25, 0.3) is 0 Å². The van der Waals surface area contributed by atoms with Gasteiger partial charge in [0.15, 0.2) is 10.8 Å². The summed E-state index contributed by atoms with van der Waals surface area (Å²) in [4.78, 5) is 21.8. The molecule has 0 atom stereocenters. The number of aliphatic carboxylic acids is 1. The molecule has 0 spiro atoms. The van der Waals surface area contributed by atoms with E-state index >= 15 is 0 Å². The molecule has 2 rings (SSSR count). The second-order valence-corrected chi connectivity index (χ2v) is 4.75. The summed E-state index contributed by atoms with van der Waals surface area (Å²) in [5.41, 5.74) is 0. The van der Waals surface area contributed by atoms with Crippen LogP contribution in [0.2, 0.25) is 0 Å². The number of rotatable bonds is 6. The van der Waals surface area contributed by atoms with E-state index in [9.17, 15) is 9.59 Å². The summed E-state index contributed by atoms with van der Waals surface area (Å²) < 4.78 is 5.16. The number of carbonyl (C=O) groups is 2. The molecule has 8 nitrogen and oxygen atoms in total. The molecule has 9 heteroatoms. The van der Waals surface area contributed by atoms with Crippen molar-refractivity contribution in [2.75, 3.05) is 11.9 Å². The van der Waals surface area contributed by atoms with E-state index in [4.69, 9.17) is 9.52 Å². The van der Waals surface area contributed by atoms with Gasteiger partial charge in [-0.25, -0.2) is 4.79 Å². The normalized spacial score (nSPS) is 10.2. The van der Waals surface area contributed by atoms with Crippen LogP contribution in [0.3, 0.4) is 0 Å². The predicted molar refractivity (Wildman–Crippen MR) is 71.5 cm³/mol. The van der Waals surface area contributed by atoms with Crippen molar-refractivity contribution in [3.05, 3.63) is 18.4 Å². The topological polar surface area (TPSA) is 117 Å². The van der Waals surface area contributed by atoms with Crippen LogP contribution in [0, 0.1) is 0 Å². The maximum Gasteiger partial charge on any atom is 0.321 e. The van der Waals surface area contributed by atoms with Crippen LogP contribution in [0.4, 0.5) is 9.93 Å². The summed E-state index contributed by atoms with van der Waals surface area (Å²) in [6.07, 6.45) is 1.91. The molecule has 0 radical (unpaired) electrons. The lowest BCUT2D eigenvalue weighted by atomic mass is 10.3. The van der Waals surface area contributed by atoms with E-state index in [1.807, 2.05) is 0 Å². The minimum atomic E-state index is -0.889. The maximum atomic E-state index is 11.5. The third-order valence-electron chi connectivity index (χ3n) is 2.23. The Morgan fingerprint density at radius 1 is 1.40 bits per heavy atom. The second-order valence-electron chi connectivity index (χ2n) is 3.77. The molecule has 0 bridgehead atoms. The lowest BCUT2D eigenvalue weighted by Crippen LogP contribution is -2.29. The highest BCUT2D eigenvalue weighted by Gasteiger charge is 2.10. The standard InChI is InChI=1S/C11H12N4O4S/c16-8(17)4-1-5-12-10(18)13-11-15-14-9(20-11)7-3-2-6-19-7/h2-3,6H,1,4-5H2,(H,16,17)(H2,12,13,15,18). The number of anilines is 1. The molecule has 106 valence electrons. The van der Waals surface area contributed by atoms with Crippen molar-refractivity contribution in [3.63, 3.8) is 0 Å². The summed E-state index contributed by atoms with van der Waals surface area (Å²) in [6.45, 7) is 0.280. The van der Waals surface area contributed by atoms with Gasteiger partial charge in [0.05, 0.1) is 6.26 Å². The Kier molecular flexibility index (Phi) is 4.66. The molecular weight excluding hydrogens is 284 g/mol. The molecule has 2 amide bonds. The van der Waals surface area contributed by atoms with Crippen molar-refractivity contribution in [3.8, 4) is 10.8 Å². The molecule has 0 unspecified atom stereocenters. The first-order chi connectivity index (χ1) is 9.65. The molecule has 0 saturated carbocycles. The highest BCUT2D eigenvalue weighted by molar-refractivity contribution is 7.18. The summed E-state index contributed by atoms with van der Waals surface area (Å²) >= 11 is 1.18. The molecular formula is C11H12N4O4S. The molecule has 2 aromatic rings. The number of nitrogens with zero attached hydrogens (tertiary/aromatic N) is 2. The number of hydrogen-bond donors (Lipinski definition) is 3. The van der Waals surface area contributed by atoms with E-state index in [0.29, 0.717) is 22.3 Å². The van der Waals surface area contributed by atoms with Gasteiger partial charge in [0.2, 0.25) is 5.13 Å². The molecule has 2 aromatic heterocycles. The fraction of sp³-hybridized carbons (Fsp3) is 0.273. The van der Waals surface area contributed by atoms with Crippen LogP contribution in [0.25, 0.3) is 10.8 Å². The lowest BCUT2D eigenvalue weighted by molar-refractivity contribution is -0.137. The average Bonchev–Trinajstić information content (AvgIpc) is 3.04. The molecule has 0 aliphatic carbocycles. The van der Waals surface area contributed by atoms with Crippen molar-refractivity contribution in [1.82, 2.24) is 15.5 Å². The molecule has 20 heavy (non-hydrogen) atoms. The maximum absolute atomic E-state index is 11.5. The molecule has 0 aliphatic rings. The Labute approximate surface area is 117 Å². The van der Waals surface area contributed by atoms with E-state index < -0.39 is 12.0 Å². The number of hydrogen-bond acceptors (Lipinski definition) is 6. The number of carbonyl (C=O) groups excluding carboxylic acids is 1. The molecule has 0 fully saturated rings. The Balaban J connectivity index is 1.78. The number of urea groups is 1. The minimum absolute atomic E-state index is 0.0156. The summed E-state index contributed by atoms with van der Waals surface area (Å²) in [5, 5.41) is 22.1. The molecule has 3 N–H and O–H groups in total. The molecule has 0 aromatic carbocycles. The average molecular weight is 296 g/mol. The van der Waals surface area contributed by atoms with Gasteiger partial charge in [-0.1, -0.05) is 11.3 Å². The fourth-order valence-corrected chi connectivity index (χ4v) is 2.06. The number of amides is 2. The van der Waals surface area contributed by atoms with Crippen molar-refractivity contribution in [2.45, 2.75) is 12.8 Å². The van der Waals surface area contributed by atoms with Crippen LogP contribution in [0.1, 0.15) is 12.8 Å². The number of nitrogens with one attached hydrogen (secondary N) is 2. The van der Waals surface area contributed by atoms with Crippen LogP contribution in [-0.2, 0) is 4.79 Å². The van der Waals surface area contributed by atoms with Crippen molar-refractivity contribution in [1.29, 1.82) is 0 Å². The zero-order valence-electron chi connectivity index (χ0n) is 10.3.